The van der Waals surface area contributed by atoms with Gasteiger partial charge in [0.1, 0.15) is 0 Å². The standard InChI is InChI=1S/C6H9N3OS/c1-3-2-4(5(7)11-3)6(10)9-8/h2H,7-8H2,1H3,(H,9,10). The number of thiophene rings is 1. The van der Waals surface area contributed by atoms with Crippen LogP contribution in [0.15, 0.2) is 6.07 Å². The molecule has 0 aliphatic heterocycles. The molecule has 0 unspecified atom stereocenters. The molecule has 1 heterocycles. The molecule has 0 fully saturated rings. The number of amides is 1. The predicted molar refractivity (Wildman–Crippen MR) is 45.1 cm³/mol. The second-order valence-electron chi connectivity index (χ2n) is 2.11. The van der Waals surface area contributed by atoms with E-state index >= 15 is 0 Å². The van der Waals surface area contributed by atoms with Gasteiger partial charge in [0.15, 0.2) is 0 Å². The average Bonchev–Trinajstić information content (AvgIpc) is 2.28. The van der Waals surface area contributed by atoms with E-state index in [0.29, 0.717) is 10.6 Å². The largest absolute Gasteiger partial charge is 0.390 e. The molecule has 0 aliphatic carbocycles. The van der Waals surface area contributed by atoms with Gasteiger partial charge in [-0.05, 0) is 13.0 Å². The number of hydrogen-bond donors (Lipinski definition) is 3. The Bertz CT molecular complexity index is 281. The number of carbonyl (C=O) groups is 1. The molecule has 60 valence electrons. The smallest absolute Gasteiger partial charge is 0.268 e. The Hall–Kier alpha value is -1.07. The van der Waals surface area contributed by atoms with E-state index in [1.807, 2.05) is 12.3 Å². The Morgan fingerprint density at radius 1 is 1.73 bits per heavy atom. The van der Waals surface area contributed by atoms with Crippen molar-refractivity contribution in [3.63, 3.8) is 0 Å². The Kier molecular flexibility index (Phi) is 2.11. The van der Waals surface area contributed by atoms with Crippen LogP contribution in [0.1, 0.15) is 15.2 Å². The molecule has 0 saturated heterocycles. The van der Waals surface area contributed by atoms with Crippen molar-refractivity contribution in [2.24, 2.45) is 5.84 Å². The number of anilines is 1. The second-order valence-corrected chi connectivity index (χ2v) is 3.40. The number of nitrogens with one attached hydrogen (secondary N) is 1. The number of rotatable bonds is 1. The maximum absolute atomic E-state index is 10.9. The Labute approximate surface area is 68.2 Å². The van der Waals surface area contributed by atoms with E-state index in [-0.39, 0.29) is 5.91 Å². The minimum Gasteiger partial charge on any atom is -0.390 e. The molecule has 1 amide bonds. The van der Waals surface area contributed by atoms with Crippen molar-refractivity contribution in [2.45, 2.75) is 6.92 Å². The summed E-state index contributed by atoms with van der Waals surface area (Å²) in [4.78, 5) is 11.9. The van der Waals surface area contributed by atoms with Gasteiger partial charge in [0.25, 0.3) is 5.91 Å². The zero-order chi connectivity index (χ0) is 8.43. The zero-order valence-corrected chi connectivity index (χ0v) is 6.87. The van der Waals surface area contributed by atoms with Crippen LogP contribution in [0.5, 0.6) is 0 Å². The first-order valence-electron chi connectivity index (χ1n) is 3.02. The van der Waals surface area contributed by atoms with Gasteiger partial charge in [-0.1, -0.05) is 0 Å². The molecule has 0 saturated carbocycles. The zero-order valence-electron chi connectivity index (χ0n) is 6.05. The molecular formula is C6H9N3OS. The minimum atomic E-state index is -0.341. The lowest BCUT2D eigenvalue weighted by atomic mass is 10.3. The summed E-state index contributed by atoms with van der Waals surface area (Å²) in [5.74, 6) is 4.59. The molecule has 1 rings (SSSR count). The Balaban J connectivity index is 3.03. The summed E-state index contributed by atoms with van der Waals surface area (Å²) in [5.41, 5.74) is 8.00. The van der Waals surface area contributed by atoms with Crippen LogP contribution in [-0.2, 0) is 0 Å². The minimum absolute atomic E-state index is 0.341. The molecular weight excluding hydrogens is 162 g/mol. The fourth-order valence-corrected chi connectivity index (χ4v) is 1.57. The van der Waals surface area contributed by atoms with Gasteiger partial charge in [-0.3, -0.25) is 10.2 Å². The van der Waals surface area contributed by atoms with Crippen LogP contribution >= 0.6 is 11.3 Å². The van der Waals surface area contributed by atoms with Gasteiger partial charge in [-0.25, -0.2) is 5.84 Å². The lowest BCUT2D eigenvalue weighted by molar-refractivity contribution is 0.0955. The van der Waals surface area contributed by atoms with Crippen molar-refractivity contribution >= 4 is 22.2 Å². The summed E-state index contributed by atoms with van der Waals surface area (Å²) >= 11 is 1.37. The number of hydrazine groups is 1. The van der Waals surface area contributed by atoms with Gasteiger partial charge in [-0.2, -0.15) is 0 Å². The summed E-state index contributed by atoms with van der Waals surface area (Å²) < 4.78 is 0. The number of carbonyl (C=O) groups excluding carboxylic acids is 1. The van der Waals surface area contributed by atoms with Gasteiger partial charge in [-0.15, -0.1) is 11.3 Å². The SMILES string of the molecule is Cc1cc(C(=O)NN)c(N)s1. The number of nitrogens with two attached hydrogens (primary N) is 2. The number of nitrogen functional groups attached to an aromatic ring is 2. The third-order valence-corrected chi connectivity index (χ3v) is 2.14. The first-order chi connectivity index (χ1) is 5.15. The Morgan fingerprint density at radius 2 is 2.36 bits per heavy atom. The van der Waals surface area contributed by atoms with E-state index in [4.69, 9.17) is 11.6 Å². The van der Waals surface area contributed by atoms with Crippen molar-refractivity contribution in [2.75, 3.05) is 5.73 Å². The second kappa shape index (κ2) is 2.89. The molecule has 0 aromatic carbocycles. The fourth-order valence-electron chi connectivity index (χ4n) is 0.787. The highest BCUT2D eigenvalue weighted by Crippen LogP contribution is 2.23. The summed E-state index contributed by atoms with van der Waals surface area (Å²) in [6.45, 7) is 1.88. The van der Waals surface area contributed by atoms with Crippen molar-refractivity contribution in [3.8, 4) is 0 Å². The fraction of sp³-hybridized carbons (Fsp3) is 0.167. The van der Waals surface area contributed by atoms with Crippen LogP contribution in [0.2, 0.25) is 0 Å². The van der Waals surface area contributed by atoms with Crippen LogP contribution in [0.3, 0.4) is 0 Å². The average molecular weight is 171 g/mol. The molecule has 0 atom stereocenters. The normalized spacial score (nSPS) is 9.64. The van der Waals surface area contributed by atoms with Crippen LogP contribution in [0, 0.1) is 6.92 Å². The van der Waals surface area contributed by atoms with E-state index in [0.717, 1.165) is 4.88 Å². The summed E-state index contributed by atoms with van der Waals surface area (Å²) in [6.07, 6.45) is 0. The van der Waals surface area contributed by atoms with Crippen molar-refractivity contribution < 1.29 is 4.79 Å². The highest BCUT2D eigenvalue weighted by atomic mass is 32.1. The molecule has 4 nitrogen and oxygen atoms in total. The van der Waals surface area contributed by atoms with E-state index in [9.17, 15) is 4.79 Å². The third kappa shape index (κ3) is 1.50. The molecule has 1 aromatic rings. The van der Waals surface area contributed by atoms with Gasteiger partial charge in [0.2, 0.25) is 0 Å². The van der Waals surface area contributed by atoms with E-state index in [1.165, 1.54) is 11.3 Å². The first kappa shape index (κ1) is 8.03. The van der Waals surface area contributed by atoms with Gasteiger partial charge < -0.3 is 5.73 Å². The summed E-state index contributed by atoms with van der Waals surface area (Å²) in [5, 5.41) is 0.505. The van der Waals surface area contributed by atoms with Crippen LogP contribution < -0.4 is 17.0 Å². The van der Waals surface area contributed by atoms with Gasteiger partial charge in [0.05, 0.1) is 10.6 Å². The van der Waals surface area contributed by atoms with E-state index in [2.05, 4.69) is 0 Å². The molecule has 11 heavy (non-hydrogen) atoms. The highest BCUT2D eigenvalue weighted by molar-refractivity contribution is 7.16. The molecule has 0 aliphatic rings. The first-order valence-corrected chi connectivity index (χ1v) is 3.83. The van der Waals surface area contributed by atoms with Crippen LogP contribution in [-0.4, -0.2) is 5.91 Å². The molecule has 5 heteroatoms. The van der Waals surface area contributed by atoms with Gasteiger partial charge in [0, 0.05) is 4.88 Å². The van der Waals surface area contributed by atoms with Crippen LogP contribution in [0.4, 0.5) is 5.00 Å². The summed E-state index contributed by atoms with van der Waals surface area (Å²) in [6, 6.07) is 1.71. The number of hydrogen-bond acceptors (Lipinski definition) is 4. The van der Waals surface area contributed by atoms with Crippen molar-refractivity contribution in [1.29, 1.82) is 0 Å². The molecule has 0 bridgehead atoms. The molecule has 5 N–H and O–H groups in total. The lowest BCUT2D eigenvalue weighted by Crippen LogP contribution is -2.30. The Morgan fingerprint density at radius 3 is 2.73 bits per heavy atom. The highest BCUT2D eigenvalue weighted by Gasteiger charge is 2.10. The number of aryl methyl sites for hydroxylation is 1. The van der Waals surface area contributed by atoms with Crippen molar-refractivity contribution in [3.05, 3.63) is 16.5 Å². The monoisotopic (exact) mass is 171 g/mol. The third-order valence-electron chi connectivity index (χ3n) is 1.26. The van der Waals surface area contributed by atoms with Gasteiger partial charge >= 0.3 is 0 Å². The molecule has 1 aromatic heterocycles. The van der Waals surface area contributed by atoms with E-state index in [1.54, 1.807) is 6.07 Å². The maximum atomic E-state index is 10.9. The van der Waals surface area contributed by atoms with Crippen molar-refractivity contribution in [1.82, 2.24) is 5.43 Å². The topological polar surface area (TPSA) is 81.1 Å². The molecule has 0 radical (unpaired) electrons. The maximum Gasteiger partial charge on any atom is 0.268 e. The van der Waals surface area contributed by atoms with E-state index < -0.39 is 0 Å². The lowest BCUT2D eigenvalue weighted by Gasteiger charge is -1.94. The predicted octanol–water partition coefficient (Wildman–Crippen LogP) is 0.242. The van der Waals surface area contributed by atoms with Crippen LogP contribution in [0.25, 0.3) is 0 Å². The summed E-state index contributed by atoms with van der Waals surface area (Å²) in [7, 11) is 0. The quantitative estimate of drug-likeness (QED) is 0.321. The molecule has 0 spiro atoms.